The van der Waals surface area contributed by atoms with Crippen molar-refractivity contribution < 1.29 is 4.74 Å². The Morgan fingerprint density at radius 2 is 1.88 bits per heavy atom. The third kappa shape index (κ3) is 3.53. The lowest BCUT2D eigenvalue weighted by atomic mass is 9.99. The zero-order valence-electron chi connectivity index (χ0n) is 10.8. The van der Waals surface area contributed by atoms with Crippen molar-refractivity contribution in [3.8, 4) is 5.75 Å². The SMILES string of the molecule is CC(C)Oc1ccc(C(C)C)cc1CCN. The molecule has 0 fully saturated rings. The number of hydrogen-bond acceptors (Lipinski definition) is 2. The quantitative estimate of drug-likeness (QED) is 0.829. The molecule has 0 aromatic heterocycles. The highest BCUT2D eigenvalue weighted by Gasteiger charge is 2.08. The fourth-order valence-electron chi connectivity index (χ4n) is 1.68. The van der Waals surface area contributed by atoms with Crippen LogP contribution < -0.4 is 10.5 Å². The maximum absolute atomic E-state index is 5.78. The zero-order chi connectivity index (χ0) is 12.1. The van der Waals surface area contributed by atoms with Gasteiger partial charge in [0.15, 0.2) is 0 Å². The molecule has 0 saturated carbocycles. The molecule has 2 nitrogen and oxygen atoms in total. The number of rotatable bonds is 5. The number of benzene rings is 1. The van der Waals surface area contributed by atoms with Crippen LogP contribution in [0.3, 0.4) is 0 Å². The van der Waals surface area contributed by atoms with Crippen molar-refractivity contribution in [2.24, 2.45) is 5.73 Å². The summed E-state index contributed by atoms with van der Waals surface area (Å²) >= 11 is 0. The van der Waals surface area contributed by atoms with Crippen LogP contribution in [0.4, 0.5) is 0 Å². The van der Waals surface area contributed by atoms with E-state index in [-0.39, 0.29) is 6.10 Å². The average Bonchev–Trinajstić information content (AvgIpc) is 2.20. The normalized spacial score (nSPS) is 11.2. The smallest absolute Gasteiger partial charge is 0.122 e. The molecule has 0 radical (unpaired) electrons. The van der Waals surface area contributed by atoms with Crippen LogP contribution in [0.1, 0.15) is 44.7 Å². The Balaban J connectivity index is 2.99. The summed E-state index contributed by atoms with van der Waals surface area (Å²) in [7, 11) is 0. The van der Waals surface area contributed by atoms with Gasteiger partial charge < -0.3 is 10.5 Å². The lowest BCUT2D eigenvalue weighted by Crippen LogP contribution is -2.10. The monoisotopic (exact) mass is 221 g/mol. The molecule has 1 rings (SSSR count). The van der Waals surface area contributed by atoms with Crippen molar-refractivity contribution in [1.82, 2.24) is 0 Å². The first-order valence-electron chi connectivity index (χ1n) is 6.04. The van der Waals surface area contributed by atoms with E-state index in [1.807, 2.05) is 13.8 Å². The van der Waals surface area contributed by atoms with Crippen molar-refractivity contribution in [3.05, 3.63) is 29.3 Å². The molecule has 0 bridgehead atoms. The van der Waals surface area contributed by atoms with Gasteiger partial charge in [-0.25, -0.2) is 0 Å². The molecule has 1 aromatic carbocycles. The Bertz CT molecular complexity index is 332. The van der Waals surface area contributed by atoms with E-state index in [2.05, 4.69) is 32.0 Å². The third-order valence-electron chi connectivity index (χ3n) is 2.53. The molecule has 0 saturated heterocycles. The Hall–Kier alpha value is -1.02. The van der Waals surface area contributed by atoms with E-state index in [0.29, 0.717) is 12.5 Å². The van der Waals surface area contributed by atoms with Crippen molar-refractivity contribution in [1.29, 1.82) is 0 Å². The summed E-state index contributed by atoms with van der Waals surface area (Å²) in [4.78, 5) is 0. The van der Waals surface area contributed by atoms with Crippen LogP contribution in [0.5, 0.6) is 5.75 Å². The molecule has 16 heavy (non-hydrogen) atoms. The number of ether oxygens (including phenoxy) is 1. The largest absolute Gasteiger partial charge is 0.491 e. The minimum atomic E-state index is 0.210. The first-order valence-corrected chi connectivity index (χ1v) is 6.04. The molecule has 90 valence electrons. The Kier molecular flexibility index (Phi) is 4.81. The Labute approximate surface area is 98.8 Å². The van der Waals surface area contributed by atoms with E-state index in [4.69, 9.17) is 10.5 Å². The molecule has 1 aromatic rings. The summed E-state index contributed by atoms with van der Waals surface area (Å²) < 4.78 is 5.78. The molecule has 0 unspecified atom stereocenters. The third-order valence-corrected chi connectivity index (χ3v) is 2.53. The maximum Gasteiger partial charge on any atom is 0.122 e. The topological polar surface area (TPSA) is 35.2 Å². The van der Waals surface area contributed by atoms with Crippen molar-refractivity contribution >= 4 is 0 Å². The second-order valence-electron chi connectivity index (χ2n) is 4.73. The van der Waals surface area contributed by atoms with Gasteiger partial charge in [0.1, 0.15) is 5.75 Å². The highest BCUT2D eigenvalue weighted by molar-refractivity contribution is 5.38. The van der Waals surface area contributed by atoms with Gasteiger partial charge in [-0.3, -0.25) is 0 Å². The fraction of sp³-hybridized carbons (Fsp3) is 0.571. The van der Waals surface area contributed by atoms with Crippen LogP contribution >= 0.6 is 0 Å². The minimum Gasteiger partial charge on any atom is -0.491 e. The molecule has 2 N–H and O–H groups in total. The van der Waals surface area contributed by atoms with E-state index in [0.717, 1.165) is 12.2 Å². The highest BCUT2D eigenvalue weighted by Crippen LogP contribution is 2.25. The van der Waals surface area contributed by atoms with E-state index in [1.165, 1.54) is 11.1 Å². The van der Waals surface area contributed by atoms with E-state index < -0.39 is 0 Å². The molecule has 0 aliphatic heterocycles. The van der Waals surface area contributed by atoms with Gasteiger partial charge in [-0.1, -0.05) is 26.0 Å². The molecule has 0 spiro atoms. The van der Waals surface area contributed by atoms with Crippen molar-refractivity contribution in [2.45, 2.75) is 46.1 Å². The van der Waals surface area contributed by atoms with Gasteiger partial charge in [-0.2, -0.15) is 0 Å². The summed E-state index contributed by atoms with van der Waals surface area (Å²) in [6.07, 6.45) is 1.09. The minimum absolute atomic E-state index is 0.210. The first kappa shape index (κ1) is 13.0. The fourth-order valence-corrected chi connectivity index (χ4v) is 1.68. The summed E-state index contributed by atoms with van der Waals surface area (Å²) in [5.74, 6) is 1.52. The molecule has 0 amide bonds. The standard InChI is InChI=1S/C14H23NO/c1-10(2)12-5-6-14(16-11(3)4)13(9-12)7-8-15/h5-6,9-11H,7-8,15H2,1-4H3. The van der Waals surface area contributed by atoms with Gasteiger partial charge >= 0.3 is 0 Å². The van der Waals surface area contributed by atoms with E-state index >= 15 is 0 Å². The van der Waals surface area contributed by atoms with Gasteiger partial charge in [0.2, 0.25) is 0 Å². The maximum atomic E-state index is 5.78. The van der Waals surface area contributed by atoms with Crippen LogP contribution in [-0.4, -0.2) is 12.6 Å². The van der Waals surface area contributed by atoms with Gasteiger partial charge in [0, 0.05) is 0 Å². The highest BCUT2D eigenvalue weighted by atomic mass is 16.5. The van der Waals surface area contributed by atoms with Gasteiger partial charge in [-0.15, -0.1) is 0 Å². The predicted molar refractivity (Wildman–Crippen MR) is 69.1 cm³/mol. The summed E-state index contributed by atoms with van der Waals surface area (Å²) in [6.45, 7) is 9.15. The van der Waals surface area contributed by atoms with Crippen LogP contribution in [-0.2, 0) is 6.42 Å². The molecule has 2 heteroatoms. The number of hydrogen-bond donors (Lipinski definition) is 1. The van der Waals surface area contributed by atoms with Crippen LogP contribution in [0.2, 0.25) is 0 Å². The molecule has 0 heterocycles. The molecule has 0 atom stereocenters. The zero-order valence-corrected chi connectivity index (χ0v) is 10.8. The average molecular weight is 221 g/mol. The van der Waals surface area contributed by atoms with Crippen molar-refractivity contribution in [2.75, 3.05) is 6.54 Å². The van der Waals surface area contributed by atoms with Gasteiger partial charge in [0.25, 0.3) is 0 Å². The molecule has 0 aliphatic rings. The van der Waals surface area contributed by atoms with Crippen LogP contribution in [0.15, 0.2) is 18.2 Å². The number of nitrogens with two attached hydrogens (primary N) is 1. The predicted octanol–water partition coefficient (Wildman–Crippen LogP) is 3.10. The Morgan fingerprint density at radius 3 is 2.38 bits per heavy atom. The van der Waals surface area contributed by atoms with Crippen LogP contribution in [0, 0.1) is 0 Å². The first-order chi connectivity index (χ1) is 7.54. The Morgan fingerprint density at radius 1 is 1.19 bits per heavy atom. The summed E-state index contributed by atoms with van der Waals surface area (Å²) in [5, 5.41) is 0. The van der Waals surface area contributed by atoms with Gasteiger partial charge in [-0.05, 0) is 49.9 Å². The lowest BCUT2D eigenvalue weighted by molar-refractivity contribution is 0.240. The van der Waals surface area contributed by atoms with Crippen molar-refractivity contribution in [3.63, 3.8) is 0 Å². The van der Waals surface area contributed by atoms with E-state index in [9.17, 15) is 0 Å². The second-order valence-corrected chi connectivity index (χ2v) is 4.73. The summed E-state index contributed by atoms with van der Waals surface area (Å²) in [6, 6.07) is 6.43. The van der Waals surface area contributed by atoms with E-state index in [1.54, 1.807) is 0 Å². The lowest BCUT2D eigenvalue weighted by Gasteiger charge is -2.16. The summed E-state index contributed by atoms with van der Waals surface area (Å²) in [5.41, 5.74) is 8.20. The molecular weight excluding hydrogens is 198 g/mol. The van der Waals surface area contributed by atoms with Gasteiger partial charge in [0.05, 0.1) is 6.10 Å². The van der Waals surface area contributed by atoms with Crippen LogP contribution in [0.25, 0.3) is 0 Å². The molecule has 0 aliphatic carbocycles. The molecular formula is C14H23NO. The second kappa shape index (κ2) is 5.90.